The lowest BCUT2D eigenvalue weighted by Gasteiger charge is -2.41. The Morgan fingerprint density at radius 1 is 0.929 bits per heavy atom. The lowest BCUT2D eigenvalue weighted by molar-refractivity contribution is -0.151. The van der Waals surface area contributed by atoms with Crippen LogP contribution < -0.4 is 10.6 Å². The monoisotopic (exact) mass is 981 g/mol. The zero-order chi connectivity index (χ0) is 52.2. The van der Waals surface area contributed by atoms with Crippen LogP contribution >= 0.6 is 0 Å². The molecule has 3 N–H and O–H groups in total. The number of benzene rings is 1. The lowest BCUT2D eigenvalue weighted by atomic mass is 9.85. The quantitative estimate of drug-likeness (QED) is 0.0995. The van der Waals surface area contributed by atoms with Gasteiger partial charge in [0, 0.05) is 66.9 Å². The summed E-state index contributed by atoms with van der Waals surface area (Å²) in [5.41, 5.74) is -1.77. The first-order valence-electron chi connectivity index (χ1n) is 24.9. The Morgan fingerprint density at radius 2 is 1.60 bits per heavy atom. The SMILES string of the molecule is C#[N+][C@@]1([C@H](OC)[C@@H](C)C(=O)N[C@@H](Cc2ccccc2F)C(=O)O)CC2(CC2)CN1C(=O)C[C@@H](OC)[C@H]([C@@H](C)CC)N(C)C(=O)[C@@H](NC(=O)[C@H](C(C)C)N(C)C(=O)CCCCCN1CC=CC1=O)C(C)C. The first kappa shape index (κ1) is 57.2. The van der Waals surface area contributed by atoms with E-state index in [0.717, 1.165) is 25.7 Å². The zero-order valence-corrected chi connectivity index (χ0v) is 43.2. The minimum Gasteiger partial charge on any atom is -0.480 e. The molecule has 6 amide bonds. The number of methoxy groups -OCH3 is 2. The highest BCUT2D eigenvalue weighted by Crippen LogP contribution is 2.60. The predicted octanol–water partition coefficient (Wildman–Crippen LogP) is 5.12. The van der Waals surface area contributed by atoms with E-state index < -0.39 is 83.4 Å². The average molecular weight is 981 g/mol. The maximum atomic E-state index is 14.9. The number of aliphatic carboxylic acids is 1. The van der Waals surface area contributed by atoms with Gasteiger partial charge in [-0.2, -0.15) is 0 Å². The molecule has 18 heteroatoms. The highest BCUT2D eigenvalue weighted by Gasteiger charge is 2.71. The molecule has 3 aliphatic rings. The molecule has 0 unspecified atom stereocenters. The number of carboxylic acids is 1. The summed E-state index contributed by atoms with van der Waals surface area (Å²) >= 11 is 0. The van der Waals surface area contributed by atoms with Crippen molar-refractivity contribution < 1.29 is 52.5 Å². The molecule has 1 aromatic rings. The van der Waals surface area contributed by atoms with Crippen LogP contribution in [-0.2, 0) is 49.5 Å². The summed E-state index contributed by atoms with van der Waals surface area (Å²) in [6.45, 7) is 20.6. The molecule has 2 aliphatic heterocycles. The van der Waals surface area contributed by atoms with Gasteiger partial charge in [0.1, 0.15) is 23.9 Å². The van der Waals surface area contributed by atoms with Crippen molar-refractivity contribution in [1.82, 2.24) is 30.2 Å². The van der Waals surface area contributed by atoms with E-state index in [0.29, 0.717) is 25.9 Å². The Kier molecular flexibility index (Phi) is 20.5. The minimum atomic E-state index is -1.55. The van der Waals surface area contributed by atoms with Crippen LogP contribution in [0.5, 0.6) is 0 Å². The molecule has 1 saturated heterocycles. The Labute approximate surface area is 414 Å². The first-order chi connectivity index (χ1) is 33.0. The Bertz CT molecular complexity index is 2110. The van der Waals surface area contributed by atoms with E-state index >= 15 is 0 Å². The second kappa shape index (κ2) is 25.1. The third-order valence-electron chi connectivity index (χ3n) is 14.9. The van der Waals surface area contributed by atoms with Gasteiger partial charge in [-0.15, -0.1) is 0 Å². The fraction of sp³-hybridized carbons (Fsp3) is 0.692. The maximum absolute atomic E-state index is 14.9. The van der Waals surface area contributed by atoms with E-state index in [9.17, 15) is 43.1 Å². The zero-order valence-electron chi connectivity index (χ0n) is 43.2. The van der Waals surface area contributed by atoms with E-state index in [2.05, 4.69) is 15.5 Å². The highest BCUT2D eigenvalue weighted by molar-refractivity contribution is 5.93. The number of unbranched alkanes of at least 4 members (excludes halogenated alkanes) is 2. The van der Waals surface area contributed by atoms with Crippen molar-refractivity contribution in [2.24, 2.45) is 29.1 Å². The van der Waals surface area contributed by atoms with Crippen LogP contribution in [0.2, 0.25) is 0 Å². The van der Waals surface area contributed by atoms with Gasteiger partial charge in [-0.3, -0.25) is 33.7 Å². The molecule has 1 aromatic carbocycles. The van der Waals surface area contributed by atoms with Crippen molar-refractivity contribution in [3.05, 3.63) is 52.6 Å². The fourth-order valence-electron chi connectivity index (χ4n) is 10.4. The third-order valence-corrected chi connectivity index (χ3v) is 14.9. The smallest absolute Gasteiger partial charge is 0.385 e. The summed E-state index contributed by atoms with van der Waals surface area (Å²) < 4.78 is 26.6. The second-order valence-corrected chi connectivity index (χ2v) is 20.5. The molecule has 2 heterocycles. The van der Waals surface area contributed by atoms with Crippen molar-refractivity contribution in [3.63, 3.8) is 0 Å². The van der Waals surface area contributed by atoms with Gasteiger partial charge < -0.3 is 39.9 Å². The normalized spacial score (nSPS) is 20.6. The molecule has 0 bridgehead atoms. The van der Waals surface area contributed by atoms with Crippen molar-refractivity contribution in [1.29, 1.82) is 0 Å². The molecule has 9 atom stereocenters. The van der Waals surface area contributed by atoms with E-state index in [1.54, 1.807) is 47.9 Å². The van der Waals surface area contributed by atoms with Crippen LogP contribution in [0.1, 0.15) is 112 Å². The number of ether oxygens (including phenoxy) is 2. The number of carbonyl (C=O) groups is 7. The van der Waals surface area contributed by atoms with Gasteiger partial charge in [-0.05, 0) is 60.5 Å². The van der Waals surface area contributed by atoms with Crippen molar-refractivity contribution in [3.8, 4) is 6.57 Å². The second-order valence-electron chi connectivity index (χ2n) is 20.5. The Balaban J connectivity index is 1.51. The summed E-state index contributed by atoms with van der Waals surface area (Å²) in [4.78, 5) is 106. The summed E-state index contributed by atoms with van der Waals surface area (Å²) in [5.74, 6) is -6.08. The Morgan fingerprint density at radius 3 is 2.13 bits per heavy atom. The van der Waals surface area contributed by atoms with Gasteiger partial charge in [-0.1, -0.05) is 90.4 Å². The maximum Gasteiger partial charge on any atom is 0.385 e. The lowest BCUT2D eigenvalue weighted by Crippen LogP contribution is -2.61. The molecule has 70 heavy (non-hydrogen) atoms. The van der Waals surface area contributed by atoms with Crippen LogP contribution in [0.3, 0.4) is 0 Å². The van der Waals surface area contributed by atoms with Gasteiger partial charge in [0.05, 0.1) is 30.9 Å². The van der Waals surface area contributed by atoms with Crippen molar-refractivity contribution in [2.75, 3.05) is 47.9 Å². The summed E-state index contributed by atoms with van der Waals surface area (Å²) in [5, 5.41) is 15.6. The molecular weight excluding hydrogens is 902 g/mol. The summed E-state index contributed by atoms with van der Waals surface area (Å²) in [6.07, 6.45) is 5.66. The van der Waals surface area contributed by atoms with Crippen LogP contribution in [0.4, 0.5) is 4.39 Å². The number of likely N-dealkylation sites (tertiary alicyclic amines) is 1. The molecule has 1 saturated carbocycles. The van der Waals surface area contributed by atoms with Gasteiger partial charge >= 0.3 is 11.6 Å². The minimum absolute atomic E-state index is 0.00402. The van der Waals surface area contributed by atoms with Gasteiger partial charge in [0.2, 0.25) is 35.4 Å². The molecular formula is C52H79FN7O10+. The van der Waals surface area contributed by atoms with Crippen molar-refractivity contribution >= 4 is 41.4 Å². The molecule has 17 nitrogen and oxygen atoms in total. The summed E-state index contributed by atoms with van der Waals surface area (Å²) in [6, 6.07) is 1.73. The van der Waals surface area contributed by atoms with Crippen LogP contribution in [0.15, 0.2) is 36.4 Å². The van der Waals surface area contributed by atoms with E-state index in [4.69, 9.17) is 16.0 Å². The first-order valence-corrected chi connectivity index (χ1v) is 24.9. The molecule has 4 rings (SSSR count). The number of halogens is 1. The topological polar surface area (TPSA) is 200 Å². The number of carbonyl (C=O) groups excluding carboxylic acids is 6. The number of likely N-dealkylation sites (N-methyl/N-ethyl adjacent to an activating group) is 2. The average Bonchev–Trinajstić information content (AvgIpc) is 3.81. The number of nitrogens with zero attached hydrogens (tertiary/aromatic N) is 5. The van der Waals surface area contributed by atoms with Crippen LogP contribution in [0.25, 0.3) is 4.85 Å². The van der Waals surface area contributed by atoms with E-state index in [1.165, 1.54) is 37.3 Å². The number of nitrogens with one attached hydrogen (secondary N) is 2. The number of hydrogen-bond donors (Lipinski definition) is 3. The van der Waals surface area contributed by atoms with Crippen LogP contribution in [0, 0.1) is 41.5 Å². The molecule has 388 valence electrons. The molecule has 1 spiro atoms. The number of rotatable bonds is 27. The van der Waals surface area contributed by atoms with E-state index in [1.807, 2.05) is 47.6 Å². The molecule has 1 aliphatic carbocycles. The molecule has 0 aromatic heterocycles. The number of amides is 6. The Hall–Kier alpha value is -5.41. The van der Waals surface area contributed by atoms with Crippen LogP contribution in [-0.4, -0.2) is 156 Å². The summed E-state index contributed by atoms with van der Waals surface area (Å²) in [7, 11) is 6.08. The van der Waals surface area contributed by atoms with Gasteiger partial charge in [0.25, 0.3) is 6.57 Å². The third kappa shape index (κ3) is 13.5. The predicted molar refractivity (Wildman–Crippen MR) is 262 cm³/mol. The highest BCUT2D eigenvalue weighted by atomic mass is 19.1. The van der Waals surface area contributed by atoms with Gasteiger partial charge in [-0.25, -0.2) is 9.18 Å². The number of carboxylic acid groups (broad SMARTS) is 1. The largest absolute Gasteiger partial charge is 0.480 e. The molecule has 0 radical (unpaired) electrons. The van der Waals surface area contributed by atoms with Crippen molar-refractivity contribution in [2.45, 2.75) is 155 Å². The van der Waals surface area contributed by atoms with Gasteiger partial charge in [0.15, 0.2) is 6.10 Å². The van der Waals surface area contributed by atoms with E-state index in [-0.39, 0.29) is 72.8 Å². The standard InChI is InChI=1S/C52H78FN7O10/c1-13-34(6)45(58(10)49(66)43(32(2)3)56-48(65)44(33(4)5)57(9)40(61)22-15-14-18-26-59-27-19-23-41(59)62)39(69-11)29-42(63)60-31-51(24-25-51)30-52(60,54-8)46(70-12)35(7)47(64)55-38(50(67)68)28-36-20-16-17-21-37(36)53/h8,16-17,19-21,23,32-35,38-39,43-46H,13-15,18,22,24-31H2,1-7,9-12H3,(H2-,55,56,64,65,67,68)/p+1/t34-,35+,38-,39+,43-,44-,45-,46+,52-/m0/s1. The molecule has 2 fully saturated rings. The number of hydrogen-bond acceptors (Lipinski definition) is 9. The fourth-order valence-corrected chi connectivity index (χ4v) is 10.4.